The van der Waals surface area contributed by atoms with E-state index in [9.17, 15) is 9.90 Å². The number of hydrogen-bond acceptors (Lipinski definition) is 6. The van der Waals surface area contributed by atoms with Crippen molar-refractivity contribution in [1.82, 2.24) is 14.7 Å². The van der Waals surface area contributed by atoms with Crippen LogP contribution in [0.25, 0.3) is 0 Å². The Bertz CT molecular complexity index is 438. The van der Waals surface area contributed by atoms with Crippen LogP contribution in [0.15, 0.2) is 4.34 Å². The van der Waals surface area contributed by atoms with E-state index in [0.29, 0.717) is 18.1 Å². The maximum Gasteiger partial charge on any atom is 0.323 e. The van der Waals surface area contributed by atoms with Gasteiger partial charge < -0.3 is 10.4 Å². The predicted molar refractivity (Wildman–Crippen MR) is 72.2 cm³/mol. The highest BCUT2D eigenvalue weighted by Gasteiger charge is 2.42. The van der Waals surface area contributed by atoms with Gasteiger partial charge in [-0.15, -0.1) is 0 Å². The molecule has 1 saturated carbocycles. The van der Waals surface area contributed by atoms with Crippen LogP contribution < -0.4 is 5.32 Å². The van der Waals surface area contributed by atoms with Gasteiger partial charge in [-0.2, -0.15) is 4.37 Å². The van der Waals surface area contributed by atoms with Gasteiger partial charge in [0, 0.05) is 5.25 Å². The molecule has 0 saturated heterocycles. The minimum absolute atomic E-state index is 0.301. The van der Waals surface area contributed by atoms with Crippen LogP contribution >= 0.6 is 23.3 Å². The van der Waals surface area contributed by atoms with Crippen LogP contribution in [0.3, 0.4) is 0 Å². The van der Waals surface area contributed by atoms with Gasteiger partial charge >= 0.3 is 5.97 Å². The number of nitrogens with zero attached hydrogens (tertiary/aromatic N) is 2. The summed E-state index contributed by atoms with van der Waals surface area (Å²) in [6.07, 6.45) is 3.32. The molecule has 0 amide bonds. The molecule has 0 radical (unpaired) electrons. The summed E-state index contributed by atoms with van der Waals surface area (Å²) < 4.78 is 5.09. The predicted octanol–water partition coefficient (Wildman–Crippen LogP) is 1.92. The van der Waals surface area contributed by atoms with E-state index in [1.807, 2.05) is 6.92 Å². The molecule has 5 nitrogen and oxygen atoms in total. The van der Waals surface area contributed by atoms with Gasteiger partial charge in [0.1, 0.15) is 11.4 Å². The molecule has 1 fully saturated rings. The molecule has 2 rings (SSSR count). The molecule has 1 aliphatic carbocycles. The van der Waals surface area contributed by atoms with E-state index in [0.717, 1.165) is 23.0 Å². The molecular weight excluding hydrogens is 270 g/mol. The number of carboxylic acid groups (broad SMARTS) is 1. The molecule has 0 spiro atoms. The second-order valence-corrected chi connectivity index (χ2v) is 6.88. The second-order valence-electron chi connectivity index (χ2n) is 4.58. The van der Waals surface area contributed by atoms with Crippen molar-refractivity contribution in [2.24, 2.45) is 0 Å². The lowest BCUT2D eigenvalue weighted by molar-refractivity contribution is -0.146. The van der Waals surface area contributed by atoms with E-state index in [2.05, 4.69) is 14.7 Å². The molecule has 0 bridgehead atoms. The van der Waals surface area contributed by atoms with E-state index in [1.54, 1.807) is 18.8 Å². The van der Waals surface area contributed by atoms with E-state index in [4.69, 9.17) is 0 Å². The van der Waals surface area contributed by atoms with Crippen molar-refractivity contribution in [2.75, 3.05) is 7.05 Å². The molecule has 2 unspecified atom stereocenters. The molecule has 0 aliphatic heterocycles. The average molecular weight is 287 g/mol. The Balaban J connectivity index is 2.04. The summed E-state index contributed by atoms with van der Waals surface area (Å²) in [6.45, 7) is 1.87. The Morgan fingerprint density at radius 2 is 2.44 bits per heavy atom. The van der Waals surface area contributed by atoms with Gasteiger partial charge in [0.2, 0.25) is 0 Å². The molecule has 2 N–H and O–H groups in total. The van der Waals surface area contributed by atoms with Crippen molar-refractivity contribution in [3.8, 4) is 0 Å². The third-order valence-corrected chi connectivity index (χ3v) is 5.51. The zero-order valence-corrected chi connectivity index (χ0v) is 12.1. The minimum atomic E-state index is -0.768. The molecule has 1 aromatic heterocycles. The highest BCUT2D eigenvalue weighted by Crippen LogP contribution is 2.38. The number of likely N-dealkylation sites (N-methyl/N-ethyl adjacent to an activating group) is 1. The summed E-state index contributed by atoms with van der Waals surface area (Å²) in [5.41, 5.74) is -0.768. The minimum Gasteiger partial charge on any atom is -0.480 e. The van der Waals surface area contributed by atoms with Crippen molar-refractivity contribution in [1.29, 1.82) is 0 Å². The summed E-state index contributed by atoms with van der Waals surface area (Å²) in [4.78, 5) is 15.7. The number of carbonyl (C=O) groups is 1. The molecule has 0 aromatic carbocycles. The molecule has 18 heavy (non-hydrogen) atoms. The summed E-state index contributed by atoms with van der Waals surface area (Å²) in [5, 5.41) is 12.7. The van der Waals surface area contributed by atoms with Gasteiger partial charge in [-0.1, -0.05) is 11.8 Å². The Labute approximate surface area is 115 Å². The van der Waals surface area contributed by atoms with Crippen LogP contribution in [-0.2, 0) is 4.79 Å². The average Bonchev–Trinajstić information content (AvgIpc) is 2.74. The van der Waals surface area contributed by atoms with Gasteiger partial charge in [0.25, 0.3) is 0 Å². The standard InChI is InChI=1S/C11H17N3O2S2/c1-7-13-10(18-14-7)17-8-4-3-5-11(6-8,12-2)9(15)16/h8,12H,3-6H2,1-2H3,(H,15,16). The lowest BCUT2D eigenvalue weighted by Crippen LogP contribution is -2.53. The fourth-order valence-electron chi connectivity index (χ4n) is 2.32. The summed E-state index contributed by atoms with van der Waals surface area (Å²) >= 11 is 3.06. The number of aryl methyl sites for hydroxylation is 1. The molecule has 1 aromatic rings. The first-order valence-corrected chi connectivity index (χ1v) is 7.60. The normalized spacial score (nSPS) is 28.2. The van der Waals surface area contributed by atoms with E-state index >= 15 is 0 Å². The number of rotatable bonds is 4. The summed E-state index contributed by atoms with van der Waals surface area (Å²) in [7, 11) is 1.73. The Hall–Kier alpha value is -0.660. The van der Waals surface area contributed by atoms with Crippen LogP contribution in [0.5, 0.6) is 0 Å². The Morgan fingerprint density at radius 1 is 1.67 bits per heavy atom. The third-order valence-electron chi connectivity index (χ3n) is 3.37. The van der Waals surface area contributed by atoms with Gasteiger partial charge in [0.05, 0.1) is 0 Å². The van der Waals surface area contributed by atoms with Gasteiger partial charge in [-0.05, 0) is 51.2 Å². The van der Waals surface area contributed by atoms with Crippen LogP contribution in [0.4, 0.5) is 0 Å². The topological polar surface area (TPSA) is 75.1 Å². The van der Waals surface area contributed by atoms with E-state index < -0.39 is 11.5 Å². The van der Waals surface area contributed by atoms with Crippen molar-refractivity contribution in [2.45, 2.75) is 47.7 Å². The number of hydrogen-bond donors (Lipinski definition) is 2. The van der Waals surface area contributed by atoms with Crippen LogP contribution in [0, 0.1) is 6.92 Å². The van der Waals surface area contributed by atoms with Crippen LogP contribution in [-0.4, -0.2) is 38.3 Å². The zero-order chi connectivity index (χ0) is 13.2. The number of aromatic nitrogens is 2. The number of thioether (sulfide) groups is 1. The monoisotopic (exact) mass is 287 g/mol. The SMILES string of the molecule is CNC1(C(=O)O)CCCC(Sc2nc(C)ns2)C1. The van der Waals surface area contributed by atoms with Gasteiger partial charge in [0.15, 0.2) is 4.34 Å². The maximum absolute atomic E-state index is 11.4. The molecule has 2 atom stereocenters. The van der Waals surface area contributed by atoms with Gasteiger partial charge in [-0.25, -0.2) is 4.98 Å². The van der Waals surface area contributed by atoms with Crippen molar-refractivity contribution in [3.05, 3.63) is 5.82 Å². The fraction of sp³-hybridized carbons (Fsp3) is 0.727. The molecule has 1 heterocycles. The molecular formula is C11H17N3O2S2. The molecule has 7 heteroatoms. The third kappa shape index (κ3) is 2.84. The van der Waals surface area contributed by atoms with Crippen LogP contribution in [0.1, 0.15) is 31.5 Å². The van der Waals surface area contributed by atoms with E-state index in [1.165, 1.54) is 11.5 Å². The number of carboxylic acids is 1. The Kier molecular flexibility index (Phi) is 4.24. The van der Waals surface area contributed by atoms with Crippen molar-refractivity contribution < 1.29 is 9.90 Å². The van der Waals surface area contributed by atoms with E-state index in [-0.39, 0.29) is 0 Å². The van der Waals surface area contributed by atoms with Crippen molar-refractivity contribution >= 4 is 29.3 Å². The quantitative estimate of drug-likeness (QED) is 0.881. The summed E-state index contributed by atoms with van der Waals surface area (Å²) in [6, 6.07) is 0. The largest absolute Gasteiger partial charge is 0.480 e. The first-order chi connectivity index (χ1) is 8.55. The fourth-order valence-corrected chi connectivity index (χ4v) is 4.56. The number of aliphatic carboxylic acids is 1. The maximum atomic E-state index is 11.4. The van der Waals surface area contributed by atoms with Crippen molar-refractivity contribution in [3.63, 3.8) is 0 Å². The summed E-state index contributed by atoms with van der Waals surface area (Å²) in [5.74, 6) is 0.0418. The first-order valence-electron chi connectivity index (χ1n) is 5.95. The smallest absolute Gasteiger partial charge is 0.323 e. The second kappa shape index (κ2) is 5.54. The molecule has 100 valence electrons. The molecule has 1 aliphatic rings. The Morgan fingerprint density at radius 3 is 3.00 bits per heavy atom. The lowest BCUT2D eigenvalue weighted by Gasteiger charge is -2.36. The highest BCUT2D eigenvalue weighted by molar-refractivity contribution is 8.01. The number of nitrogens with one attached hydrogen (secondary N) is 1. The highest BCUT2D eigenvalue weighted by atomic mass is 32.2. The first kappa shape index (κ1) is 13.8. The zero-order valence-electron chi connectivity index (χ0n) is 10.5. The van der Waals surface area contributed by atoms with Gasteiger partial charge in [-0.3, -0.25) is 4.79 Å². The lowest BCUT2D eigenvalue weighted by atomic mass is 9.81. The van der Waals surface area contributed by atoms with Crippen LogP contribution in [0.2, 0.25) is 0 Å².